The molecule has 8 heteroatoms. The first-order chi connectivity index (χ1) is 14.8. The molecule has 0 radical (unpaired) electrons. The number of rotatable bonds is 7. The molecule has 0 atom stereocenters. The number of nitrogens with one attached hydrogen (secondary N) is 1. The van der Waals surface area contributed by atoms with Crippen LogP contribution in [-0.4, -0.2) is 41.6 Å². The largest absolute Gasteiger partial charge is 0.372 e. The normalized spacial score (nSPS) is 15.0. The Labute approximate surface area is 191 Å². The molecule has 1 aliphatic rings. The van der Waals surface area contributed by atoms with E-state index in [1.165, 1.54) is 0 Å². The molecule has 1 N–H and O–H groups in total. The molecule has 1 saturated heterocycles. The van der Waals surface area contributed by atoms with Gasteiger partial charge in [-0.25, -0.2) is 0 Å². The molecule has 162 valence electrons. The van der Waals surface area contributed by atoms with E-state index in [1.54, 1.807) is 24.3 Å². The van der Waals surface area contributed by atoms with Crippen LogP contribution >= 0.6 is 23.4 Å². The SMILES string of the molecule is CCN(CC)c1ccc(/C=C2/SC(=O)N(CC(=O)Nc3ccc(C)c(Cl)c3)C2=O)cc1. The molecule has 1 aliphatic heterocycles. The zero-order chi connectivity index (χ0) is 22.5. The number of thioether (sulfide) groups is 1. The molecule has 0 saturated carbocycles. The van der Waals surface area contributed by atoms with Crippen molar-refractivity contribution in [2.45, 2.75) is 20.8 Å². The van der Waals surface area contributed by atoms with E-state index in [9.17, 15) is 14.4 Å². The van der Waals surface area contributed by atoms with E-state index in [0.717, 1.165) is 46.6 Å². The van der Waals surface area contributed by atoms with Crippen LogP contribution in [0.1, 0.15) is 25.0 Å². The lowest BCUT2D eigenvalue weighted by Crippen LogP contribution is -2.36. The Morgan fingerprint density at radius 3 is 2.42 bits per heavy atom. The van der Waals surface area contributed by atoms with E-state index in [2.05, 4.69) is 24.1 Å². The maximum absolute atomic E-state index is 12.7. The highest BCUT2D eigenvalue weighted by molar-refractivity contribution is 8.18. The first-order valence-corrected chi connectivity index (χ1v) is 11.2. The van der Waals surface area contributed by atoms with Gasteiger partial charge in [0.2, 0.25) is 5.91 Å². The average molecular weight is 458 g/mol. The van der Waals surface area contributed by atoms with Crippen LogP contribution in [0.25, 0.3) is 6.08 Å². The van der Waals surface area contributed by atoms with Crippen LogP contribution in [0.2, 0.25) is 5.02 Å². The number of imide groups is 1. The van der Waals surface area contributed by atoms with Gasteiger partial charge in [0.1, 0.15) is 6.54 Å². The van der Waals surface area contributed by atoms with Crippen LogP contribution in [0.15, 0.2) is 47.4 Å². The fraction of sp³-hybridized carbons (Fsp3) is 0.261. The van der Waals surface area contributed by atoms with Crippen molar-refractivity contribution in [1.29, 1.82) is 0 Å². The van der Waals surface area contributed by atoms with Crippen LogP contribution < -0.4 is 10.2 Å². The second-order valence-electron chi connectivity index (χ2n) is 7.04. The third-order valence-corrected chi connectivity index (χ3v) is 6.26. The van der Waals surface area contributed by atoms with Gasteiger partial charge in [0.15, 0.2) is 0 Å². The van der Waals surface area contributed by atoms with Gasteiger partial charge in [0.05, 0.1) is 4.91 Å². The molecule has 0 aromatic heterocycles. The number of carbonyl (C=O) groups excluding carboxylic acids is 3. The van der Waals surface area contributed by atoms with Gasteiger partial charge in [-0.15, -0.1) is 0 Å². The predicted octanol–water partition coefficient (Wildman–Crippen LogP) is 5.17. The summed E-state index contributed by atoms with van der Waals surface area (Å²) < 4.78 is 0. The number of hydrogen-bond acceptors (Lipinski definition) is 5. The third-order valence-electron chi connectivity index (χ3n) is 4.95. The van der Waals surface area contributed by atoms with Gasteiger partial charge in [-0.3, -0.25) is 19.3 Å². The first kappa shape index (κ1) is 22.9. The highest BCUT2D eigenvalue weighted by Crippen LogP contribution is 2.32. The van der Waals surface area contributed by atoms with E-state index in [0.29, 0.717) is 15.6 Å². The molecule has 2 aromatic rings. The second kappa shape index (κ2) is 10.0. The van der Waals surface area contributed by atoms with Gasteiger partial charge >= 0.3 is 0 Å². The Hall–Kier alpha value is -2.77. The molecule has 0 aliphatic carbocycles. The highest BCUT2D eigenvalue weighted by Gasteiger charge is 2.36. The number of nitrogens with zero attached hydrogens (tertiary/aromatic N) is 2. The topological polar surface area (TPSA) is 69.7 Å². The van der Waals surface area contributed by atoms with Crippen molar-refractivity contribution in [1.82, 2.24) is 4.90 Å². The number of halogens is 1. The fourth-order valence-electron chi connectivity index (χ4n) is 3.17. The Balaban J connectivity index is 1.67. The summed E-state index contributed by atoms with van der Waals surface area (Å²) in [6.45, 7) is 7.51. The van der Waals surface area contributed by atoms with Crippen LogP contribution in [0.3, 0.4) is 0 Å². The van der Waals surface area contributed by atoms with Crippen molar-refractivity contribution in [3.63, 3.8) is 0 Å². The number of benzene rings is 2. The monoisotopic (exact) mass is 457 g/mol. The Bertz CT molecular complexity index is 1030. The van der Waals surface area contributed by atoms with Crippen molar-refractivity contribution >= 4 is 57.9 Å². The smallest absolute Gasteiger partial charge is 0.294 e. The number of hydrogen-bond donors (Lipinski definition) is 1. The third kappa shape index (κ3) is 5.48. The molecule has 2 aromatic carbocycles. The zero-order valence-electron chi connectivity index (χ0n) is 17.6. The van der Waals surface area contributed by atoms with Crippen molar-refractivity contribution < 1.29 is 14.4 Å². The second-order valence-corrected chi connectivity index (χ2v) is 8.44. The van der Waals surface area contributed by atoms with Gasteiger partial charge in [0, 0.05) is 29.5 Å². The molecular weight excluding hydrogens is 434 g/mol. The molecule has 3 rings (SSSR count). The Morgan fingerprint density at radius 2 is 1.81 bits per heavy atom. The Kier molecular flexibility index (Phi) is 7.41. The summed E-state index contributed by atoms with van der Waals surface area (Å²) in [6, 6.07) is 12.9. The number of anilines is 2. The molecule has 1 fully saturated rings. The maximum atomic E-state index is 12.7. The van der Waals surface area contributed by atoms with E-state index in [4.69, 9.17) is 11.6 Å². The van der Waals surface area contributed by atoms with Gasteiger partial charge in [0.25, 0.3) is 11.1 Å². The summed E-state index contributed by atoms with van der Waals surface area (Å²) in [5.41, 5.74) is 3.32. The fourth-order valence-corrected chi connectivity index (χ4v) is 4.19. The van der Waals surface area contributed by atoms with Crippen LogP contribution in [0, 0.1) is 6.92 Å². The van der Waals surface area contributed by atoms with Crippen molar-refractivity contribution in [2.24, 2.45) is 0 Å². The molecule has 6 nitrogen and oxygen atoms in total. The highest BCUT2D eigenvalue weighted by atomic mass is 35.5. The van der Waals surface area contributed by atoms with Gasteiger partial charge < -0.3 is 10.2 Å². The summed E-state index contributed by atoms with van der Waals surface area (Å²) in [4.78, 5) is 40.8. The van der Waals surface area contributed by atoms with Crippen molar-refractivity contribution in [3.05, 3.63) is 63.5 Å². The lowest BCUT2D eigenvalue weighted by Gasteiger charge is -2.20. The quantitative estimate of drug-likeness (QED) is 0.581. The number of amides is 3. The summed E-state index contributed by atoms with van der Waals surface area (Å²) in [5.74, 6) is -0.938. The zero-order valence-corrected chi connectivity index (χ0v) is 19.2. The van der Waals surface area contributed by atoms with E-state index in [1.807, 2.05) is 31.2 Å². The first-order valence-electron chi connectivity index (χ1n) is 9.98. The Morgan fingerprint density at radius 1 is 1.13 bits per heavy atom. The van der Waals surface area contributed by atoms with E-state index in [-0.39, 0.29) is 6.54 Å². The lowest BCUT2D eigenvalue weighted by atomic mass is 10.1. The van der Waals surface area contributed by atoms with Gasteiger partial charge in [-0.2, -0.15) is 0 Å². The molecule has 0 bridgehead atoms. The molecule has 0 unspecified atom stereocenters. The van der Waals surface area contributed by atoms with E-state index >= 15 is 0 Å². The molecular formula is C23H24ClN3O3S. The minimum Gasteiger partial charge on any atom is -0.372 e. The number of aryl methyl sites for hydroxylation is 1. The predicted molar refractivity (Wildman–Crippen MR) is 127 cm³/mol. The summed E-state index contributed by atoms with van der Waals surface area (Å²) in [6.07, 6.45) is 1.68. The summed E-state index contributed by atoms with van der Waals surface area (Å²) in [5, 5.41) is 2.73. The average Bonchev–Trinajstić information content (AvgIpc) is 3.00. The maximum Gasteiger partial charge on any atom is 0.294 e. The molecule has 1 heterocycles. The lowest BCUT2D eigenvalue weighted by molar-refractivity contribution is -0.127. The summed E-state index contributed by atoms with van der Waals surface area (Å²) in [7, 11) is 0. The standard InChI is InChI=1S/C23H24ClN3O3S/c1-4-26(5-2)18-10-7-16(8-11-18)12-20-22(29)27(23(30)31-20)14-21(28)25-17-9-6-15(3)19(24)13-17/h6-13H,4-5,14H2,1-3H3,(H,25,28)/b20-12+. The minimum atomic E-state index is -0.472. The molecule has 31 heavy (non-hydrogen) atoms. The van der Waals surface area contributed by atoms with Crippen LogP contribution in [0.4, 0.5) is 16.2 Å². The number of carbonyl (C=O) groups is 3. The van der Waals surface area contributed by atoms with Crippen LogP contribution in [0.5, 0.6) is 0 Å². The van der Waals surface area contributed by atoms with E-state index < -0.39 is 17.1 Å². The van der Waals surface area contributed by atoms with Crippen molar-refractivity contribution in [2.75, 3.05) is 29.9 Å². The summed E-state index contributed by atoms with van der Waals surface area (Å²) >= 11 is 6.91. The van der Waals surface area contributed by atoms with Crippen molar-refractivity contribution in [3.8, 4) is 0 Å². The minimum absolute atomic E-state index is 0.298. The van der Waals surface area contributed by atoms with Crippen LogP contribution in [-0.2, 0) is 9.59 Å². The van der Waals surface area contributed by atoms with Gasteiger partial charge in [-0.1, -0.05) is 29.8 Å². The molecule has 0 spiro atoms. The van der Waals surface area contributed by atoms with Gasteiger partial charge in [-0.05, 0) is 74.0 Å². The molecule has 3 amide bonds.